The van der Waals surface area contributed by atoms with Crippen LogP contribution in [-0.2, 0) is 16.1 Å². The summed E-state index contributed by atoms with van der Waals surface area (Å²) < 4.78 is 11.1. The van der Waals surface area contributed by atoms with Crippen molar-refractivity contribution in [2.75, 3.05) is 12.4 Å². The maximum Gasteiger partial charge on any atom is 0.410 e. The second-order valence-electron chi connectivity index (χ2n) is 9.97. The third-order valence-electron chi connectivity index (χ3n) is 7.60. The zero-order chi connectivity index (χ0) is 25.8. The number of aliphatic hydroxyl groups is 2. The molecule has 10 heteroatoms. The second kappa shape index (κ2) is 11.4. The molecule has 2 amide bonds. The number of nitrogens with zero attached hydrogens (tertiary/aromatic N) is 3. The second-order valence-corrected chi connectivity index (χ2v) is 9.97. The molecular weight excluding hydrogens is 464 g/mol. The van der Waals surface area contributed by atoms with Crippen molar-refractivity contribution < 1.29 is 29.1 Å². The SMILES string of the molecule is Cc1nc(-c2onc(C)c2COC(=O)N(C)C2CCCC2)ccc1NC(=O)[C@H]1CCCC[C@@H]1C(O)O. The molecule has 2 aliphatic carbocycles. The van der Waals surface area contributed by atoms with Crippen molar-refractivity contribution in [1.29, 1.82) is 0 Å². The Hall–Kier alpha value is -2.98. The van der Waals surface area contributed by atoms with Gasteiger partial charge in [0.25, 0.3) is 0 Å². The molecule has 0 saturated heterocycles. The van der Waals surface area contributed by atoms with Crippen LogP contribution in [0.3, 0.4) is 0 Å². The van der Waals surface area contributed by atoms with Gasteiger partial charge in [0.15, 0.2) is 12.1 Å². The highest BCUT2D eigenvalue weighted by molar-refractivity contribution is 5.93. The highest BCUT2D eigenvalue weighted by Gasteiger charge is 2.35. The van der Waals surface area contributed by atoms with Crippen LogP contribution in [0.15, 0.2) is 16.7 Å². The molecule has 0 bridgehead atoms. The lowest BCUT2D eigenvalue weighted by molar-refractivity contribution is -0.138. The number of nitrogens with one attached hydrogen (secondary N) is 1. The van der Waals surface area contributed by atoms with Crippen molar-refractivity contribution in [1.82, 2.24) is 15.0 Å². The van der Waals surface area contributed by atoms with E-state index in [1.165, 1.54) is 0 Å². The fraction of sp³-hybridized carbons (Fsp3) is 0.615. The number of carbonyl (C=O) groups is 2. The lowest BCUT2D eigenvalue weighted by atomic mass is 9.78. The summed E-state index contributed by atoms with van der Waals surface area (Å²) in [5, 5.41) is 26.3. The summed E-state index contributed by atoms with van der Waals surface area (Å²) in [4.78, 5) is 31.7. The van der Waals surface area contributed by atoms with E-state index in [1.807, 2.05) is 0 Å². The zero-order valence-corrected chi connectivity index (χ0v) is 21.2. The maximum absolute atomic E-state index is 12.9. The summed E-state index contributed by atoms with van der Waals surface area (Å²) >= 11 is 0. The lowest BCUT2D eigenvalue weighted by Crippen LogP contribution is -2.38. The number of aliphatic hydroxyl groups excluding tert-OH is 1. The fourth-order valence-corrected chi connectivity index (χ4v) is 5.32. The van der Waals surface area contributed by atoms with Crippen molar-refractivity contribution in [2.24, 2.45) is 11.8 Å². The van der Waals surface area contributed by atoms with Gasteiger partial charge in [-0.1, -0.05) is 30.8 Å². The Morgan fingerprint density at radius 2 is 1.81 bits per heavy atom. The minimum Gasteiger partial charge on any atom is -0.444 e. The minimum atomic E-state index is -1.51. The first-order chi connectivity index (χ1) is 17.3. The van der Waals surface area contributed by atoms with Gasteiger partial charge < -0.3 is 29.7 Å². The maximum atomic E-state index is 12.9. The first-order valence-electron chi connectivity index (χ1n) is 12.8. The summed E-state index contributed by atoms with van der Waals surface area (Å²) in [6.07, 6.45) is 5.36. The molecule has 2 saturated carbocycles. The average molecular weight is 501 g/mol. The Morgan fingerprint density at radius 3 is 2.50 bits per heavy atom. The Kier molecular flexibility index (Phi) is 8.25. The van der Waals surface area contributed by atoms with Gasteiger partial charge in [-0.05, 0) is 51.7 Å². The number of ether oxygens (including phenoxy) is 1. The molecule has 0 aromatic carbocycles. The quantitative estimate of drug-likeness (QED) is 0.486. The summed E-state index contributed by atoms with van der Waals surface area (Å²) in [6, 6.07) is 3.68. The number of hydrogen-bond donors (Lipinski definition) is 3. The summed E-state index contributed by atoms with van der Waals surface area (Å²) in [5.41, 5.74) is 2.90. The van der Waals surface area contributed by atoms with E-state index in [2.05, 4.69) is 15.5 Å². The molecular formula is C26H36N4O6. The van der Waals surface area contributed by atoms with Gasteiger partial charge in [-0.2, -0.15) is 0 Å². The number of anilines is 1. The van der Waals surface area contributed by atoms with Crippen molar-refractivity contribution in [3.8, 4) is 11.5 Å². The van der Waals surface area contributed by atoms with Crippen molar-refractivity contribution in [3.05, 3.63) is 29.1 Å². The highest BCUT2D eigenvalue weighted by Crippen LogP contribution is 2.34. The third-order valence-corrected chi connectivity index (χ3v) is 7.60. The predicted octanol–water partition coefficient (Wildman–Crippen LogP) is 3.92. The minimum absolute atomic E-state index is 0.0202. The Bertz CT molecular complexity index is 1080. The lowest BCUT2D eigenvalue weighted by Gasteiger charge is -2.31. The van der Waals surface area contributed by atoms with Crippen LogP contribution in [0.4, 0.5) is 10.5 Å². The number of amides is 2. The Labute approximate surface area is 211 Å². The topological polar surface area (TPSA) is 138 Å². The van der Waals surface area contributed by atoms with E-state index in [4.69, 9.17) is 9.26 Å². The molecule has 2 atom stereocenters. The van der Waals surface area contributed by atoms with Crippen LogP contribution in [0.5, 0.6) is 0 Å². The van der Waals surface area contributed by atoms with E-state index in [-0.39, 0.29) is 24.6 Å². The molecule has 2 fully saturated rings. The molecule has 0 spiro atoms. The number of rotatable bonds is 7. The summed E-state index contributed by atoms with van der Waals surface area (Å²) in [5.74, 6) is -0.750. The van der Waals surface area contributed by atoms with Crippen LogP contribution in [0, 0.1) is 25.7 Å². The van der Waals surface area contributed by atoms with Gasteiger partial charge in [0.2, 0.25) is 5.91 Å². The van der Waals surface area contributed by atoms with Crippen molar-refractivity contribution >= 4 is 17.7 Å². The van der Waals surface area contributed by atoms with E-state index in [1.54, 1.807) is 37.9 Å². The highest BCUT2D eigenvalue weighted by atomic mass is 16.6. The van der Waals surface area contributed by atoms with Crippen LogP contribution >= 0.6 is 0 Å². The predicted molar refractivity (Wildman–Crippen MR) is 132 cm³/mol. The number of carbonyl (C=O) groups excluding carboxylic acids is 2. The normalized spacial score (nSPS) is 20.5. The largest absolute Gasteiger partial charge is 0.444 e. The van der Waals surface area contributed by atoms with Crippen LogP contribution in [0.1, 0.15) is 68.3 Å². The van der Waals surface area contributed by atoms with Crippen molar-refractivity contribution in [3.63, 3.8) is 0 Å². The third kappa shape index (κ3) is 5.70. The zero-order valence-electron chi connectivity index (χ0n) is 21.2. The number of aromatic nitrogens is 2. The van der Waals surface area contributed by atoms with Gasteiger partial charge in [0.05, 0.1) is 22.6 Å². The smallest absolute Gasteiger partial charge is 0.410 e. The molecule has 2 aliphatic rings. The van der Waals surface area contributed by atoms with Crippen LogP contribution in [0.2, 0.25) is 0 Å². The number of pyridine rings is 1. The van der Waals surface area contributed by atoms with Gasteiger partial charge in [-0.15, -0.1) is 0 Å². The number of aryl methyl sites for hydroxylation is 2. The Morgan fingerprint density at radius 1 is 1.11 bits per heavy atom. The molecule has 196 valence electrons. The standard InChI is InChI=1S/C26H36N4O6/c1-15-20(14-35-26(34)30(3)17-8-4-5-9-17)23(36-29-15)22-13-12-21(16(2)27-22)28-24(31)18-10-6-7-11-19(18)25(32)33/h12-13,17-19,25,32-33H,4-11,14H2,1-3H3,(H,28,31)/t18-,19-/m0/s1. The number of hydrogen-bond acceptors (Lipinski definition) is 8. The molecule has 3 N–H and O–H groups in total. The van der Waals surface area contributed by atoms with Gasteiger partial charge in [0, 0.05) is 24.9 Å². The van der Waals surface area contributed by atoms with E-state index in [9.17, 15) is 19.8 Å². The molecule has 4 rings (SSSR count). The van der Waals surface area contributed by atoms with E-state index < -0.39 is 18.1 Å². The van der Waals surface area contributed by atoms with E-state index in [0.717, 1.165) is 38.5 Å². The molecule has 0 radical (unpaired) electrons. The average Bonchev–Trinajstić information content (AvgIpc) is 3.53. The van der Waals surface area contributed by atoms with Gasteiger partial charge >= 0.3 is 6.09 Å². The van der Waals surface area contributed by atoms with Gasteiger partial charge in [-0.3, -0.25) is 4.79 Å². The molecule has 2 heterocycles. The molecule has 10 nitrogen and oxygen atoms in total. The van der Waals surface area contributed by atoms with Crippen molar-refractivity contribution in [2.45, 2.75) is 84.2 Å². The van der Waals surface area contributed by atoms with Gasteiger partial charge in [0.1, 0.15) is 12.3 Å². The monoisotopic (exact) mass is 500 g/mol. The molecule has 0 aliphatic heterocycles. The molecule has 36 heavy (non-hydrogen) atoms. The molecule has 0 unspecified atom stereocenters. The summed E-state index contributed by atoms with van der Waals surface area (Å²) in [6.45, 7) is 3.58. The van der Waals surface area contributed by atoms with E-state index >= 15 is 0 Å². The first kappa shape index (κ1) is 26.1. The van der Waals surface area contributed by atoms with Crippen LogP contribution < -0.4 is 5.32 Å². The molecule has 2 aromatic rings. The van der Waals surface area contributed by atoms with Crippen LogP contribution in [0.25, 0.3) is 11.5 Å². The van der Waals surface area contributed by atoms with Gasteiger partial charge in [-0.25, -0.2) is 9.78 Å². The van der Waals surface area contributed by atoms with Crippen LogP contribution in [-0.4, -0.2) is 56.6 Å². The fourth-order valence-electron chi connectivity index (χ4n) is 5.32. The van der Waals surface area contributed by atoms with E-state index in [0.29, 0.717) is 46.9 Å². The molecule has 2 aromatic heterocycles. The Balaban J connectivity index is 1.44. The summed E-state index contributed by atoms with van der Waals surface area (Å²) in [7, 11) is 1.77. The first-order valence-corrected chi connectivity index (χ1v) is 12.8.